The molecule has 1 fully saturated rings. The summed E-state index contributed by atoms with van der Waals surface area (Å²) in [6, 6.07) is 0.559. The SMILES string of the molecule is CCC1(C)CN(Cc2csc(C)n2)C(C(C)(C)C)CN1. The fourth-order valence-corrected chi connectivity index (χ4v) is 3.64. The molecule has 1 aromatic rings. The molecule has 0 radical (unpaired) electrons. The van der Waals surface area contributed by atoms with Crippen LogP contribution in [0.5, 0.6) is 0 Å². The van der Waals surface area contributed by atoms with Gasteiger partial charge in [0.1, 0.15) is 0 Å². The van der Waals surface area contributed by atoms with E-state index in [1.807, 2.05) is 0 Å². The summed E-state index contributed by atoms with van der Waals surface area (Å²) >= 11 is 1.75. The van der Waals surface area contributed by atoms with Crippen molar-refractivity contribution >= 4 is 11.3 Å². The van der Waals surface area contributed by atoms with E-state index < -0.39 is 0 Å². The topological polar surface area (TPSA) is 28.2 Å². The van der Waals surface area contributed by atoms with Crippen molar-refractivity contribution < 1.29 is 0 Å². The number of hydrogen-bond acceptors (Lipinski definition) is 4. The molecule has 4 heteroatoms. The Hall–Kier alpha value is -0.450. The third-order valence-electron chi connectivity index (χ3n) is 4.53. The molecule has 20 heavy (non-hydrogen) atoms. The van der Waals surface area contributed by atoms with E-state index in [4.69, 9.17) is 0 Å². The second kappa shape index (κ2) is 5.74. The molecule has 3 nitrogen and oxygen atoms in total. The quantitative estimate of drug-likeness (QED) is 0.926. The van der Waals surface area contributed by atoms with Gasteiger partial charge in [-0.1, -0.05) is 27.7 Å². The fraction of sp³-hybridized carbons (Fsp3) is 0.812. The lowest BCUT2D eigenvalue weighted by Crippen LogP contribution is -2.65. The van der Waals surface area contributed by atoms with Crippen LogP contribution in [0.3, 0.4) is 0 Å². The average molecular weight is 295 g/mol. The predicted octanol–water partition coefficient (Wildman–Crippen LogP) is 3.44. The number of rotatable bonds is 3. The lowest BCUT2D eigenvalue weighted by Gasteiger charge is -2.50. The molecule has 0 saturated carbocycles. The number of nitrogens with zero attached hydrogens (tertiary/aromatic N) is 2. The van der Waals surface area contributed by atoms with Gasteiger partial charge in [0.05, 0.1) is 10.7 Å². The van der Waals surface area contributed by atoms with E-state index in [0.29, 0.717) is 6.04 Å². The number of thiazole rings is 1. The van der Waals surface area contributed by atoms with Gasteiger partial charge in [-0.2, -0.15) is 0 Å². The molecule has 2 atom stereocenters. The van der Waals surface area contributed by atoms with Crippen LogP contribution < -0.4 is 5.32 Å². The van der Waals surface area contributed by atoms with Crippen LogP contribution in [0.2, 0.25) is 0 Å². The van der Waals surface area contributed by atoms with Gasteiger partial charge >= 0.3 is 0 Å². The summed E-state index contributed by atoms with van der Waals surface area (Å²) in [6.45, 7) is 16.9. The number of hydrogen-bond donors (Lipinski definition) is 1. The zero-order chi connectivity index (χ0) is 15.0. The van der Waals surface area contributed by atoms with E-state index in [-0.39, 0.29) is 11.0 Å². The Kier molecular flexibility index (Phi) is 4.57. The molecule has 1 saturated heterocycles. The van der Waals surface area contributed by atoms with Gasteiger partial charge in [-0.3, -0.25) is 4.90 Å². The van der Waals surface area contributed by atoms with Crippen molar-refractivity contribution in [1.29, 1.82) is 0 Å². The molecule has 1 aromatic heterocycles. The largest absolute Gasteiger partial charge is 0.309 e. The highest BCUT2D eigenvalue weighted by atomic mass is 32.1. The predicted molar refractivity (Wildman–Crippen MR) is 87.2 cm³/mol. The third kappa shape index (κ3) is 3.60. The molecule has 0 aromatic carbocycles. The molecule has 0 aliphatic carbocycles. The first-order valence-electron chi connectivity index (χ1n) is 7.63. The minimum Gasteiger partial charge on any atom is -0.309 e. The van der Waals surface area contributed by atoms with Crippen molar-refractivity contribution in [2.75, 3.05) is 13.1 Å². The number of piperazine rings is 1. The molecule has 2 unspecified atom stereocenters. The minimum absolute atomic E-state index is 0.229. The zero-order valence-electron chi connectivity index (χ0n) is 13.8. The maximum absolute atomic E-state index is 4.65. The van der Waals surface area contributed by atoms with Crippen LogP contribution in [-0.2, 0) is 6.54 Å². The van der Waals surface area contributed by atoms with Crippen molar-refractivity contribution in [3.05, 3.63) is 16.1 Å². The van der Waals surface area contributed by atoms with Gasteiger partial charge in [0, 0.05) is 36.6 Å². The lowest BCUT2D eigenvalue weighted by molar-refractivity contribution is 0.0197. The number of nitrogens with one attached hydrogen (secondary N) is 1. The highest BCUT2D eigenvalue weighted by Gasteiger charge is 2.39. The average Bonchev–Trinajstić information content (AvgIpc) is 2.73. The van der Waals surface area contributed by atoms with Gasteiger partial charge in [-0.15, -0.1) is 11.3 Å². The first-order chi connectivity index (χ1) is 9.23. The fourth-order valence-electron chi connectivity index (χ4n) is 3.03. The van der Waals surface area contributed by atoms with Crippen LogP contribution in [-0.4, -0.2) is 34.6 Å². The Bertz CT molecular complexity index is 449. The smallest absolute Gasteiger partial charge is 0.0897 e. The van der Waals surface area contributed by atoms with Crippen LogP contribution >= 0.6 is 11.3 Å². The maximum atomic E-state index is 4.65. The van der Waals surface area contributed by atoms with Crippen LogP contribution in [0.15, 0.2) is 5.38 Å². The molecular formula is C16H29N3S. The Morgan fingerprint density at radius 2 is 2.20 bits per heavy atom. The minimum atomic E-state index is 0.229. The zero-order valence-corrected chi connectivity index (χ0v) is 14.6. The summed E-state index contributed by atoms with van der Waals surface area (Å²) in [5.41, 5.74) is 1.74. The lowest BCUT2D eigenvalue weighted by atomic mass is 9.81. The normalized spacial score (nSPS) is 28.8. The summed E-state index contributed by atoms with van der Waals surface area (Å²) in [7, 11) is 0. The van der Waals surface area contributed by atoms with E-state index >= 15 is 0 Å². The molecule has 1 aliphatic heterocycles. The summed E-state index contributed by atoms with van der Waals surface area (Å²) < 4.78 is 0. The first kappa shape index (κ1) is 15.9. The van der Waals surface area contributed by atoms with E-state index in [9.17, 15) is 0 Å². The number of aromatic nitrogens is 1. The van der Waals surface area contributed by atoms with Gasteiger partial charge in [0.25, 0.3) is 0 Å². The second-order valence-electron chi connectivity index (χ2n) is 7.44. The van der Waals surface area contributed by atoms with Gasteiger partial charge < -0.3 is 5.32 Å². The molecule has 2 rings (SSSR count). The Morgan fingerprint density at radius 1 is 1.50 bits per heavy atom. The van der Waals surface area contributed by atoms with Gasteiger partial charge in [-0.25, -0.2) is 4.98 Å². The number of aryl methyl sites for hydroxylation is 1. The van der Waals surface area contributed by atoms with Crippen molar-refractivity contribution in [3.63, 3.8) is 0 Å². The van der Waals surface area contributed by atoms with Crippen molar-refractivity contribution in [2.45, 2.75) is 66.1 Å². The molecule has 2 heterocycles. The summed E-state index contributed by atoms with van der Waals surface area (Å²) in [4.78, 5) is 7.28. The third-order valence-corrected chi connectivity index (χ3v) is 5.35. The van der Waals surface area contributed by atoms with Gasteiger partial charge in [0.15, 0.2) is 0 Å². The molecule has 1 aliphatic rings. The monoisotopic (exact) mass is 295 g/mol. The van der Waals surface area contributed by atoms with Crippen molar-refractivity contribution in [1.82, 2.24) is 15.2 Å². The van der Waals surface area contributed by atoms with E-state index in [2.05, 4.69) is 62.1 Å². The van der Waals surface area contributed by atoms with Crippen LogP contribution in [0.4, 0.5) is 0 Å². The van der Waals surface area contributed by atoms with Crippen molar-refractivity contribution in [2.24, 2.45) is 5.41 Å². The molecule has 1 N–H and O–H groups in total. The molecule has 0 bridgehead atoms. The summed E-state index contributed by atoms with van der Waals surface area (Å²) in [5.74, 6) is 0. The van der Waals surface area contributed by atoms with Crippen LogP contribution in [0.1, 0.15) is 51.7 Å². The Labute approximate surface area is 127 Å². The second-order valence-corrected chi connectivity index (χ2v) is 8.50. The van der Waals surface area contributed by atoms with E-state index in [1.54, 1.807) is 11.3 Å². The molecule has 0 spiro atoms. The van der Waals surface area contributed by atoms with Crippen molar-refractivity contribution in [3.8, 4) is 0 Å². The molecule has 0 amide bonds. The Balaban J connectivity index is 2.17. The molecular weight excluding hydrogens is 266 g/mol. The maximum Gasteiger partial charge on any atom is 0.0897 e. The van der Waals surface area contributed by atoms with E-state index in [0.717, 1.165) is 26.1 Å². The summed E-state index contributed by atoms with van der Waals surface area (Å²) in [6.07, 6.45) is 1.16. The standard InChI is InChI=1S/C16H29N3S/c1-7-16(6)11-19(9-13-10-20-12(2)18-13)14(8-17-16)15(3,4)5/h10,14,17H,7-9,11H2,1-6H3. The first-order valence-corrected chi connectivity index (χ1v) is 8.51. The van der Waals surface area contributed by atoms with Gasteiger partial charge in [-0.05, 0) is 25.7 Å². The van der Waals surface area contributed by atoms with Crippen LogP contribution in [0, 0.1) is 12.3 Å². The molecule has 114 valence electrons. The highest BCUT2D eigenvalue weighted by molar-refractivity contribution is 7.09. The Morgan fingerprint density at radius 3 is 2.70 bits per heavy atom. The van der Waals surface area contributed by atoms with E-state index in [1.165, 1.54) is 10.7 Å². The van der Waals surface area contributed by atoms with Gasteiger partial charge in [0.2, 0.25) is 0 Å². The van der Waals surface area contributed by atoms with Crippen LogP contribution in [0.25, 0.3) is 0 Å². The highest BCUT2D eigenvalue weighted by Crippen LogP contribution is 2.31. The summed E-state index contributed by atoms with van der Waals surface area (Å²) in [5, 5.41) is 7.14.